The number of terminal acetylenes is 1. The first-order valence-corrected chi connectivity index (χ1v) is 2.02. The van der Waals surface area contributed by atoms with Crippen LogP contribution in [0.1, 0.15) is 0 Å². The van der Waals surface area contributed by atoms with Gasteiger partial charge >= 0.3 is 0 Å². The molecule has 0 aromatic carbocycles. The summed E-state index contributed by atoms with van der Waals surface area (Å²) in [7, 11) is 1.57. The van der Waals surface area contributed by atoms with Crippen LogP contribution >= 0.6 is 12.4 Å². The van der Waals surface area contributed by atoms with E-state index in [9.17, 15) is 0 Å². The molecular weight excluding hydrogens is 126 g/mol. The molecule has 2 nitrogen and oxygen atoms in total. The minimum Gasteiger partial charge on any atom is -0.382 e. The predicted molar refractivity (Wildman–Crippen MR) is 35.9 cm³/mol. The van der Waals surface area contributed by atoms with Crippen molar-refractivity contribution >= 4 is 12.4 Å². The van der Waals surface area contributed by atoms with Gasteiger partial charge in [-0.15, -0.1) is 18.8 Å². The quantitative estimate of drug-likeness (QED) is 0.542. The molecule has 0 aromatic rings. The lowest BCUT2D eigenvalue weighted by atomic mass is 10.4. The Bertz CT molecular complexity index is 79.0. The zero-order valence-electron chi connectivity index (χ0n) is 4.76. The summed E-state index contributed by atoms with van der Waals surface area (Å²) in [5.41, 5.74) is 5.22. The summed E-state index contributed by atoms with van der Waals surface area (Å²) in [5, 5.41) is 0. The van der Waals surface area contributed by atoms with E-state index < -0.39 is 0 Å². The van der Waals surface area contributed by atoms with Crippen LogP contribution in [-0.2, 0) is 4.74 Å². The van der Waals surface area contributed by atoms with E-state index in [0.29, 0.717) is 6.61 Å². The largest absolute Gasteiger partial charge is 0.382 e. The standard InChI is InChI=1S/C5H9NO.ClH/c1-3-5(6)4-7-2;/h1,5H,4,6H2,2H3;1H. The lowest BCUT2D eigenvalue weighted by Crippen LogP contribution is -2.22. The molecule has 0 amide bonds. The zero-order chi connectivity index (χ0) is 5.70. The molecule has 8 heavy (non-hydrogen) atoms. The highest BCUT2D eigenvalue weighted by molar-refractivity contribution is 5.85. The van der Waals surface area contributed by atoms with Gasteiger partial charge in [0.05, 0.1) is 12.6 Å². The molecule has 0 saturated heterocycles. The molecule has 3 heteroatoms. The average molecular weight is 136 g/mol. The smallest absolute Gasteiger partial charge is 0.0898 e. The molecule has 0 aliphatic heterocycles. The van der Waals surface area contributed by atoms with Crippen molar-refractivity contribution in [2.24, 2.45) is 5.73 Å². The Morgan fingerprint density at radius 1 is 1.88 bits per heavy atom. The lowest BCUT2D eigenvalue weighted by molar-refractivity contribution is 0.194. The van der Waals surface area contributed by atoms with E-state index in [-0.39, 0.29) is 18.4 Å². The topological polar surface area (TPSA) is 35.2 Å². The lowest BCUT2D eigenvalue weighted by Gasteiger charge is -1.98. The van der Waals surface area contributed by atoms with E-state index >= 15 is 0 Å². The van der Waals surface area contributed by atoms with Gasteiger partial charge in [0.2, 0.25) is 0 Å². The maximum absolute atomic E-state index is 5.22. The molecule has 0 spiro atoms. The Labute approximate surface area is 55.8 Å². The number of methoxy groups -OCH3 is 1. The molecule has 0 heterocycles. The van der Waals surface area contributed by atoms with E-state index in [2.05, 4.69) is 10.7 Å². The molecule has 0 aliphatic rings. The van der Waals surface area contributed by atoms with Crippen molar-refractivity contribution in [1.82, 2.24) is 0 Å². The summed E-state index contributed by atoms with van der Waals surface area (Å²) in [4.78, 5) is 0. The van der Waals surface area contributed by atoms with Gasteiger partial charge in [-0.1, -0.05) is 5.92 Å². The Morgan fingerprint density at radius 2 is 2.38 bits per heavy atom. The van der Waals surface area contributed by atoms with Gasteiger partial charge in [-0.3, -0.25) is 0 Å². The van der Waals surface area contributed by atoms with Crippen molar-refractivity contribution in [2.75, 3.05) is 13.7 Å². The van der Waals surface area contributed by atoms with Gasteiger partial charge in [-0.05, 0) is 0 Å². The minimum absolute atomic E-state index is 0. The van der Waals surface area contributed by atoms with Crippen LogP contribution in [0, 0.1) is 12.3 Å². The average Bonchev–Trinajstić information content (AvgIpc) is 1.68. The van der Waals surface area contributed by atoms with Crippen molar-refractivity contribution in [3.63, 3.8) is 0 Å². The number of halogens is 1. The number of ether oxygens (including phenoxy) is 1. The first-order chi connectivity index (χ1) is 3.31. The van der Waals surface area contributed by atoms with Crippen LogP contribution in [0.25, 0.3) is 0 Å². The molecule has 0 radical (unpaired) electrons. The molecule has 1 unspecified atom stereocenters. The number of hydrogen-bond donors (Lipinski definition) is 1. The van der Waals surface area contributed by atoms with Gasteiger partial charge in [-0.2, -0.15) is 0 Å². The fourth-order valence-corrected chi connectivity index (χ4v) is 0.228. The van der Waals surface area contributed by atoms with Crippen LogP contribution in [0.4, 0.5) is 0 Å². The molecule has 0 saturated carbocycles. The van der Waals surface area contributed by atoms with E-state index in [4.69, 9.17) is 12.2 Å². The first-order valence-electron chi connectivity index (χ1n) is 2.02. The fraction of sp³-hybridized carbons (Fsp3) is 0.600. The van der Waals surface area contributed by atoms with Gasteiger partial charge in [-0.25, -0.2) is 0 Å². The second-order valence-corrected chi connectivity index (χ2v) is 1.23. The van der Waals surface area contributed by atoms with Crippen molar-refractivity contribution < 1.29 is 4.74 Å². The van der Waals surface area contributed by atoms with Crippen molar-refractivity contribution in [3.05, 3.63) is 0 Å². The summed E-state index contributed by atoms with van der Waals surface area (Å²) in [6.07, 6.45) is 4.90. The highest BCUT2D eigenvalue weighted by Crippen LogP contribution is 1.72. The van der Waals surface area contributed by atoms with Crippen molar-refractivity contribution in [1.29, 1.82) is 0 Å². The molecule has 1 atom stereocenters. The highest BCUT2D eigenvalue weighted by atomic mass is 35.5. The van der Waals surface area contributed by atoms with Crippen molar-refractivity contribution in [2.45, 2.75) is 6.04 Å². The van der Waals surface area contributed by atoms with Crippen LogP contribution in [-0.4, -0.2) is 19.8 Å². The number of rotatable bonds is 2. The molecule has 0 aromatic heterocycles. The highest BCUT2D eigenvalue weighted by Gasteiger charge is 1.90. The second kappa shape index (κ2) is 6.77. The van der Waals surface area contributed by atoms with Crippen LogP contribution in [0.3, 0.4) is 0 Å². The van der Waals surface area contributed by atoms with Gasteiger partial charge in [0.25, 0.3) is 0 Å². The molecule has 2 N–H and O–H groups in total. The van der Waals surface area contributed by atoms with Crippen LogP contribution in [0.15, 0.2) is 0 Å². The summed E-state index contributed by atoms with van der Waals surface area (Å²) in [5.74, 6) is 2.32. The third kappa shape index (κ3) is 5.77. The second-order valence-electron chi connectivity index (χ2n) is 1.23. The molecule has 0 rings (SSSR count). The predicted octanol–water partition coefficient (Wildman–Crippen LogP) is 0.0151. The van der Waals surface area contributed by atoms with Crippen LogP contribution in [0.5, 0.6) is 0 Å². The fourth-order valence-electron chi connectivity index (χ4n) is 0.228. The normalized spacial score (nSPS) is 11.1. The van der Waals surface area contributed by atoms with Gasteiger partial charge in [0, 0.05) is 7.11 Å². The Balaban J connectivity index is 0. The Hall–Kier alpha value is -0.230. The van der Waals surface area contributed by atoms with Gasteiger partial charge < -0.3 is 10.5 Å². The van der Waals surface area contributed by atoms with Gasteiger partial charge in [0.15, 0.2) is 0 Å². The molecular formula is C5H10ClNO. The third-order valence-electron chi connectivity index (χ3n) is 0.560. The van der Waals surface area contributed by atoms with E-state index in [0.717, 1.165) is 0 Å². The number of hydrogen-bond acceptors (Lipinski definition) is 2. The monoisotopic (exact) mass is 135 g/mol. The number of nitrogens with two attached hydrogens (primary N) is 1. The maximum atomic E-state index is 5.22. The summed E-state index contributed by atoms with van der Waals surface area (Å²) < 4.78 is 4.63. The minimum atomic E-state index is -0.245. The molecule has 0 bridgehead atoms. The first kappa shape index (κ1) is 10.7. The van der Waals surface area contributed by atoms with Crippen molar-refractivity contribution in [3.8, 4) is 12.3 Å². The molecule has 0 aliphatic carbocycles. The van der Waals surface area contributed by atoms with E-state index in [1.165, 1.54) is 0 Å². The van der Waals surface area contributed by atoms with Gasteiger partial charge in [0.1, 0.15) is 0 Å². The summed E-state index contributed by atoms with van der Waals surface area (Å²) in [6.45, 7) is 0.441. The summed E-state index contributed by atoms with van der Waals surface area (Å²) >= 11 is 0. The van der Waals surface area contributed by atoms with Crippen LogP contribution < -0.4 is 5.73 Å². The van der Waals surface area contributed by atoms with Crippen LogP contribution in [0.2, 0.25) is 0 Å². The SMILES string of the molecule is C#CC(N)COC.Cl. The molecule has 0 fully saturated rings. The molecule has 48 valence electrons. The Morgan fingerprint density at radius 3 is 2.50 bits per heavy atom. The summed E-state index contributed by atoms with van der Waals surface area (Å²) in [6, 6.07) is -0.245. The maximum Gasteiger partial charge on any atom is 0.0898 e. The van der Waals surface area contributed by atoms with E-state index in [1.807, 2.05) is 0 Å². The zero-order valence-corrected chi connectivity index (χ0v) is 5.57. The Kier molecular flexibility index (Phi) is 9.05. The third-order valence-corrected chi connectivity index (χ3v) is 0.560. The van der Waals surface area contributed by atoms with E-state index in [1.54, 1.807) is 7.11 Å².